The second kappa shape index (κ2) is 12.1. The first-order valence-corrected chi connectivity index (χ1v) is 13.3. The average molecular weight is 563 g/mol. The van der Waals surface area contributed by atoms with Gasteiger partial charge in [0.1, 0.15) is 18.4 Å². The number of nitrogens with zero attached hydrogens (tertiary/aromatic N) is 1. The van der Waals surface area contributed by atoms with E-state index in [1.807, 2.05) is 0 Å². The van der Waals surface area contributed by atoms with Crippen LogP contribution in [-0.4, -0.2) is 70.1 Å². The van der Waals surface area contributed by atoms with Crippen LogP contribution >= 0.6 is 11.6 Å². The van der Waals surface area contributed by atoms with E-state index in [0.717, 1.165) is 6.42 Å². The Morgan fingerprint density at radius 1 is 1.15 bits per heavy atom. The summed E-state index contributed by atoms with van der Waals surface area (Å²) < 4.78 is 0. The van der Waals surface area contributed by atoms with E-state index in [2.05, 4.69) is 16.0 Å². The van der Waals surface area contributed by atoms with Gasteiger partial charge in [-0.05, 0) is 48.8 Å². The second-order valence-corrected chi connectivity index (χ2v) is 11.5. The van der Waals surface area contributed by atoms with Crippen molar-refractivity contribution in [1.29, 1.82) is 0 Å². The van der Waals surface area contributed by atoms with Gasteiger partial charge in [0.2, 0.25) is 17.7 Å². The third-order valence-electron chi connectivity index (χ3n) is 7.21. The number of piperidine rings is 1. The number of rotatable bonds is 10. The highest BCUT2D eigenvalue weighted by molar-refractivity contribution is 6.34. The molecule has 1 aromatic rings. The van der Waals surface area contributed by atoms with Gasteiger partial charge in [0.05, 0.1) is 23.2 Å². The number of fused-ring (bicyclic) bond motifs is 2. The molecule has 4 amide bonds. The third-order valence-corrected chi connectivity index (χ3v) is 7.52. The van der Waals surface area contributed by atoms with Crippen LogP contribution in [0.5, 0.6) is 0 Å². The van der Waals surface area contributed by atoms with Gasteiger partial charge >= 0.3 is 5.97 Å². The predicted octanol–water partition coefficient (Wildman–Crippen LogP) is 2.37. The number of benzene rings is 1. The van der Waals surface area contributed by atoms with Gasteiger partial charge in [-0.15, -0.1) is 0 Å². The van der Waals surface area contributed by atoms with Gasteiger partial charge in [-0.25, -0.2) is 0 Å². The minimum atomic E-state index is -1.23. The van der Waals surface area contributed by atoms with E-state index in [-0.39, 0.29) is 34.9 Å². The Hall–Kier alpha value is -3.47. The van der Waals surface area contributed by atoms with Crippen LogP contribution in [-0.2, 0) is 24.0 Å². The molecule has 2 aliphatic rings. The summed E-state index contributed by atoms with van der Waals surface area (Å²) in [5.41, 5.74) is -0.179. The summed E-state index contributed by atoms with van der Waals surface area (Å²) in [6.07, 6.45) is 2.11. The Morgan fingerprint density at radius 3 is 2.41 bits per heavy atom. The number of anilines is 1. The largest absolute Gasteiger partial charge is 0.481 e. The smallest absolute Gasteiger partial charge is 0.305 e. The average Bonchev–Trinajstić information content (AvgIpc) is 3.48. The fourth-order valence-electron chi connectivity index (χ4n) is 5.24. The maximum atomic E-state index is 14.0. The number of carboxylic acid groups (broad SMARTS) is 1. The summed E-state index contributed by atoms with van der Waals surface area (Å²) in [6.45, 7) is 7.09. The van der Waals surface area contributed by atoms with Crippen molar-refractivity contribution in [2.75, 3.05) is 5.32 Å². The van der Waals surface area contributed by atoms with Crippen LogP contribution in [0.2, 0.25) is 5.02 Å². The first kappa shape index (κ1) is 30.1. The Bertz CT molecular complexity index is 1170. The zero-order valence-corrected chi connectivity index (χ0v) is 23.2. The van der Waals surface area contributed by atoms with Crippen molar-refractivity contribution in [3.05, 3.63) is 28.8 Å². The van der Waals surface area contributed by atoms with E-state index >= 15 is 0 Å². The topological polar surface area (TPSA) is 162 Å². The molecule has 0 spiro atoms. The van der Waals surface area contributed by atoms with E-state index in [4.69, 9.17) is 16.7 Å². The number of carboxylic acids is 1. The first-order chi connectivity index (χ1) is 18.3. The van der Waals surface area contributed by atoms with Crippen molar-refractivity contribution in [3.63, 3.8) is 0 Å². The zero-order valence-electron chi connectivity index (χ0n) is 22.5. The number of aldehydes is 1. The maximum absolute atomic E-state index is 14.0. The second-order valence-electron chi connectivity index (χ2n) is 11.1. The highest BCUT2D eigenvalue weighted by atomic mass is 35.5. The normalized spacial score (nSPS) is 21.6. The molecule has 1 heterocycles. The molecule has 1 saturated carbocycles. The quantitative estimate of drug-likeness (QED) is 0.318. The number of aliphatic carboxylic acids is 1. The van der Waals surface area contributed by atoms with Gasteiger partial charge in [0.15, 0.2) is 0 Å². The Kier molecular flexibility index (Phi) is 9.37. The van der Waals surface area contributed by atoms with Crippen molar-refractivity contribution < 1.29 is 33.9 Å². The van der Waals surface area contributed by atoms with Gasteiger partial charge in [0.25, 0.3) is 5.91 Å². The monoisotopic (exact) mass is 562 g/mol. The molecular weight excluding hydrogens is 528 g/mol. The van der Waals surface area contributed by atoms with Crippen LogP contribution in [0.25, 0.3) is 0 Å². The van der Waals surface area contributed by atoms with Gasteiger partial charge in [-0.1, -0.05) is 39.3 Å². The van der Waals surface area contributed by atoms with Crippen LogP contribution < -0.4 is 16.0 Å². The zero-order chi connectivity index (χ0) is 29.1. The number of carbonyl (C=O) groups excluding carboxylic acids is 5. The fraction of sp³-hybridized carbons (Fsp3) is 0.556. The van der Waals surface area contributed by atoms with Gasteiger partial charge in [0, 0.05) is 18.0 Å². The molecule has 1 saturated heterocycles. The van der Waals surface area contributed by atoms with Crippen molar-refractivity contribution in [1.82, 2.24) is 15.5 Å². The molecule has 11 nitrogen and oxygen atoms in total. The van der Waals surface area contributed by atoms with Crippen molar-refractivity contribution in [2.24, 2.45) is 11.3 Å². The lowest BCUT2D eigenvalue weighted by Gasteiger charge is -2.40. The highest BCUT2D eigenvalue weighted by Crippen LogP contribution is 2.43. The van der Waals surface area contributed by atoms with E-state index in [1.165, 1.54) is 23.1 Å². The van der Waals surface area contributed by atoms with Crippen LogP contribution in [0.4, 0.5) is 5.69 Å². The number of amides is 4. The SMILES string of the molecule is CCC(=O)Nc1ccc(C(=O)NC(C(=O)N2C3CCC(C3)C2C(=O)N[C@H](C=O)CC(=O)O)C(C)(C)C)cc1Cl. The Labute approximate surface area is 232 Å². The van der Waals surface area contributed by atoms with Crippen LogP contribution in [0.3, 0.4) is 0 Å². The number of hydrogen-bond acceptors (Lipinski definition) is 6. The third kappa shape index (κ3) is 6.95. The molecule has 5 atom stereocenters. The summed E-state index contributed by atoms with van der Waals surface area (Å²) in [5.74, 6) is -3.15. The maximum Gasteiger partial charge on any atom is 0.305 e. The molecule has 1 aliphatic heterocycles. The van der Waals surface area contributed by atoms with E-state index in [9.17, 15) is 28.8 Å². The van der Waals surface area contributed by atoms with E-state index in [1.54, 1.807) is 27.7 Å². The van der Waals surface area contributed by atoms with Crippen LogP contribution in [0.15, 0.2) is 18.2 Å². The van der Waals surface area contributed by atoms with Crippen molar-refractivity contribution >= 4 is 53.2 Å². The van der Waals surface area contributed by atoms with E-state index in [0.29, 0.717) is 24.8 Å². The number of halogens is 1. The molecule has 12 heteroatoms. The molecule has 4 unspecified atom stereocenters. The number of carbonyl (C=O) groups is 6. The molecule has 3 rings (SSSR count). The molecular formula is C27H35ClN4O7. The van der Waals surface area contributed by atoms with Crippen molar-refractivity contribution in [3.8, 4) is 0 Å². The molecule has 1 aliphatic carbocycles. The Balaban J connectivity index is 1.82. The summed E-state index contributed by atoms with van der Waals surface area (Å²) in [5, 5.41) is 17.1. The molecule has 4 N–H and O–H groups in total. The molecule has 1 aromatic carbocycles. The first-order valence-electron chi connectivity index (χ1n) is 13.0. The highest BCUT2D eigenvalue weighted by Gasteiger charge is 2.53. The lowest BCUT2D eigenvalue weighted by atomic mass is 9.84. The molecule has 2 bridgehead atoms. The number of likely N-dealkylation sites (tertiary alicyclic amines) is 1. The minimum Gasteiger partial charge on any atom is -0.481 e. The predicted molar refractivity (Wildman–Crippen MR) is 143 cm³/mol. The molecule has 2 fully saturated rings. The van der Waals surface area contributed by atoms with Crippen LogP contribution in [0.1, 0.15) is 70.2 Å². The van der Waals surface area contributed by atoms with Crippen LogP contribution in [0, 0.1) is 11.3 Å². The minimum absolute atomic E-state index is 0.128. The molecule has 39 heavy (non-hydrogen) atoms. The summed E-state index contributed by atoms with van der Waals surface area (Å²) in [7, 11) is 0. The van der Waals surface area contributed by atoms with Crippen molar-refractivity contribution in [2.45, 2.75) is 84.0 Å². The number of hydrogen-bond donors (Lipinski definition) is 4. The fourth-order valence-corrected chi connectivity index (χ4v) is 5.47. The summed E-state index contributed by atoms with van der Waals surface area (Å²) in [4.78, 5) is 76.0. The molecule has 212 valence electrons. The Morgan fingerprint density at radius 2 is 1.85 bits per heavy atom. The standard InChI is InChI=1S/C27H35ClN4O7/c1-5-20(34)30-19-9-7-15(11-18(19)28)24(37)31-23(27(2,3)4)26(39)32-17-8-6-14(10-17)22(32)25(38)29-16(13-33)12-21(35)36/h7,9,11,13-14,16-17,22-23H,5-6,8,10,12H2,1-4H3,(H,29,38)(H,30,34)(H,31,37)(H,35,36)/t14?,16-,17?,22?,23?/m0/s1. The molecule has 0 radical (unpaired) electrons. The van der Waals surface area contributed by atoms with E-state index < -0.39 is 53.7 Å². The van der Waals surface area contributed by atoms with Gasteiger partial charge in [-0.2, -0.15) is 0 Å². The van der Waals surface area contributed by atoms with Gasteiger partial charge in [-0.3, -0.25) is 24.0 Å². The lowest BCUT2D eigenvalue weighted by Crippen LogP contribution is -2.61. The summed E-state index contributed by atoms with van der Waals surface area (Å²) in [6, 6.07) is 1.13. The molecule has 0 aromatic heterocycles. The lowest BCUT2D eigenvalue weighted by molar-refractivity contribution is -0.147. The van der Waals surface area contributed by atoms with Gasteiger partial charge < -0.3 is 30.8 Å². The summed E-state index contributed by atoms with van der Waals surface area (Å²) >= 11 is 6.27. The number of nitrogens with one attached hydrogen (secondary N) is 3.